The van der Waals surface area contributed by atoms with Crippen LogP contribution in [0.1, 0.15) is 100 Å². The van der Waals surface area contributed by atoms with Gasteiger partial charge in [-0.3, -0.25) is 0 Å². The number of hydrogen-bond donors (Lipinski definition) is 0. The monoisotopic (exact) mass is 672 g/mol. The molecule has 0 bridgehead atoms. The van der Waals surface area contributed by atoms with Gasteiger partial charge < -0.3 is 23.7 Å². The molecule has 2 saturated carbocycles. The minimum Gasteiger partial charge on any atom is -0.462 e. The molecule has 4 aliphatic rings. The molecule has 2 aromatic rings. The van der Waals surface area contributed by atoms with Crippen LogP contribution in [0.15, 0.2) is 48.5 Å². The van der Waals surface area contributed by atoms with E-state index in [1.54, 1.807) is 48.5 Å². The quantitative estimate of drug-likeness (QED) is 0.272. The highest BCUT2D eigenvalue weighted by atomic mass is 35.5. The minimum absolute atomic E-state index is 0.0442. The predicted molar refractivity (Wildman–Crippen MR) is 176 cm³/mol. The van der Waals surface area contributed by atoms with Gasteiger partial charge in [0.1, 0.15) is 12.2 Å². The predicted octanol–water partition coefficient (Wildman–Crippen LogP) is 8.69. The van der Waals surface area contributed by atoms with Crippen molar-refractivity contribution in [2.75, 3.05) is 19.8 Å². The minimum atomic E-state index is -0.832. The Morgan fingerprint density at radius 2 is 1.52 bits per heavy atom. The lowest BCUT2D eigenvalue weighted by Crippen LogP contribution is -2.69. The molecule has 2 saturated heterocycles. The van der Waals surface area contributed by atoms with Crippen LogP contribution in [-0.2, 0) is 23.7 Å². The normalized spacial score (nSPS) is 36.5. The molecule has 2 aromatic carbocycles. The summed E-state index contributed by atoms with van der Waals surface area (Å²) in [6.45, 7) is 11.9. The topological polar surface area (TPSA) is 80.3 Å². The number of benzene rings is 2. The van der Waals surface area contributed by atoms with E-state index < -0.39 is 28.9 Å². The highest BCUT2D eigenvalue weighted by Gasteiger charge is 2.70. The van der Waals surface area contributed by atoms with Gasteiger partial charge in [0.05, 0.1) is 36.0 Å². The van der Waals surface area contributed by atoms with E-state index in [-0.39, 0.29) is 36.1 Å². The molecule has 0 radical (unpaired) electrons. The Morgan fingerprint density at radius 3 is 2.17 bits per heavy atom. The molecule has 9 heteroatoms. The lowest BCUT2D eigenvalue weighted by atomic mass is 9.43. The van der Waals surface area contributed by atoms with E-state index in [0.29, 0.717) is 46.5 Å². The molecule has 0 amide bonds. The zero-order valence-electron chi connectivity index (χ0n) is 27.5. The zero-order valence-corrected chi connectivity index (χ0v) is 29.0. The van der Waals surface area contributed by atoms with E-state index in [4.69, 9.17) is 46.9 Å². The third kappa shape index (κ3) is 6.00. The molecule has 46 heavy (non-hydrogen) atoms. The van der Waals surface area contributed by atoms with Gasteiger partial charge in [-0.2, -0.15) is 0 Å². The van der Waals surface area contributed by atoms with Crippen LogP contribution in [0.3, 0.4) is 0 Å². The van der Waals surface area contributed by atoms with Crippen LogP contribution in [0.4, 0.5) is 0 Å². The molecule has 7 atom stereocenters. The zero-order chi connectivity index (χ0) is 33.0. The molecule has 1 spiro atoms. The Morgan fingerprint density at radius 1 is 0.870 bits per heavy atom. The number of carbonyl (C=O) groups excluding carboxylic acids is 2. The molecule has 2 aliphatic carbocycles. The summed E-state index contributed by atoms with van der Waals surface area (Å²) in [5.74, 6) is -0.890. The van der Waals surface area contributed by atoms with E-state index in [2.05, 4.69) is 20.8 Å². The third-order valence-electron chi connectivity index (χ3n) is 11.8. The maximum absolute atomic E-state index is 13.2. The van der Waals surface area contributed by atoms with Crippen LogP contribution in [0.5, 0.6) is 0 Å². The van der Waals surface area contributed by atoms with E-state index in [9.17, 15) is 9.59 Å². The van der Waals surface area contributed by atoms with Crippen molar-refractivity contribution >= 4 is 35.1 Å². The second-order valence-corrected chi connectivity index (χ2v) is 15.8. The second-order valence-electron chi connectivity index (χ2n) is 14.9. The highest BCUT2D eigenvalue weighted by Crippen LogP contribution is 2.69. The van der Waals surface area contributed by atoms with Crippen molar-refractivity contribution in [2.45, 2.75) is 103 Å². The van der Waals surface area contributed by atoms with Gasteiger partial charge in [-0.25, -0.2) is 9.59 Å². The number of ether oxygens (including phenoxy) is 5. The van der Waals surface area contributed by atoms with E-state index in [1.165, 1.54) is 0 Å². The Balaban J connectivity index is 1.26. The summed E-state index contributed by atoms with van der Waals surface area (Å²) in [4.78, 5) is 26.1. The standard InChI is InChI=1S/C37H46Cl2O7/c1-24-12-13-29-34(4)22-44-33(2,3)45-30(34)14-15-35(29,5)37(24)17-16-36(46-37,23-43-32(41)26-9-7-11-28(39)21-26)18-19-42-31(40)25-8-6-10-27(38)20-25/h6-11,20-21,24,29-30H,12-19,22-23H2,1-5H3/t24-,29-,30+,34+,35+,36-,37+/m1/s1. The fourth-order valence-electron chi connectivity index (χ4n) is 9.27. The molecule has 0 aromatic heterocycles. The fraction of sp³-hybridized carbons (Fsp3) is 0.622. The lowest BCUT2D eigenvalue weighted by molar-refractivity contribution is -0.359. The Bertz CT molecular complexity index is 1480. The number of hydrogen-bond acceptors (Lipinski definition) is 7. The molecule has 2 heterocycles. The summed E-state index contributed by atoms with van der Waals surface area (Å²) in [6.07, 6.45) is 6.02. The third-order valence-corrected chi connectivity index (χ3v) is 12.2. The van der Waals surface area contributed by atoms with Gasteiger partial charge in [-0.15, -0.1) is 0 Å². The summed E-state index contributed by atoms with van der Waals surface area (Å²) in [7, 11) is 0. The van der Waals surface area contributed by atoms with E-state index in [0.717, 1.165) is 32.1 Å². The maximum Gasteiger partial charge on any atom is 0.338 e. The van der Waals surface area contributed by atoms with E-state index >= 15 is 0 Å². The molecular formula is C37H46Cl2O7. The fourth-order valence-corrected chi connectivity index (χ4v) is 9.65. The van der Waals surface area contributed by atoms with Crippen LogP contribution in [0.25, 0.3) is 0 Å². The molecule has 250 valence electrons. The first kappa shape index (κ1) is 33.7. The summed E-state index contributed by atoms with van der Waals surface area (Å²) < 4.78 is 32.0. The molecule has 7 nitrogen and oxygen atoms in total. The average Bonchev–Trinajstić information content (AvgIpc) is 3.40. The van der Waals surface area contributed by atoms with Gasteiger partial charge in [0.15, 0.2) is 5.79 Å². The summed E-state index contributed by atoms with van der Waals surface area (Å²) >= 11 is 12.3. The number of fused-ring (bicyclic) bond motifs is 4. The molecule has 0 unspecified atom stereocenters. The largest absolute Gasteiger partial charge is 0.462 e. The van der Waals surface area contributed by atoms with Gasteiger partial charge >= 0.3 is 11.9 Å². The lowest BCUT2D eigenvalue weighted by Gasteiger charge is -2.67. The Labute approximate surface area is 282 Å². The Hall–Kier alpha value is -2.16. The Kier molecular flexibility index (Phi) is 9.08. The van der Waals surface area contributed by atoms with Gasteiger partial charge in [0, 0.05) is 27.3 Å². The van der Waals surface area contributed by atoms with Crippen LogP contribution in [0, 0.1) is 22.7 Å². The van der Waals surface area contributed by atoms with Crippen molar-refractivity contribution in [1.29, 1.82) is 0 Å². The first-order valence-corrected chi connectivity index (χ1v) is 17.3. The number of halogens is 2. The van der Waals surface area contributed by atoms with Crippen LogP contribution in [0.2, 0.25) is 10.0 Å². The number of rotatable bonds is 7. The van der Waals surface area contributed by atoms with Crippen molar-refractivity contribution in [1.82, 2.24) is 0 Å². The van der Waals surface area contributed by atoms with Gasteiger partial charge in [-0.1, -0.05) is 56.1 Å². The van der Waals surface area contributed by atoms with Crippen molar-refractivity contribution in [3.05, 3.63) is 69.7 Å². The van der Waals surface area contributed by atoms with Crippen molar-refractivity contribution in [2.24, 2.45) is 22.7 Å². The van der Waals surface area contributed by atoms with Crippen molar-refractivity contribution in [3.8, 4) is 0 Å². The molecule has 0 N–H and O–H groups in total. The average molecular weight is 674 g/mol. The molecular weight excluding hydrogens is 627 g/mol. The first-order chi connectivity index (χ1) is 21.7. The smallest absolute Gasteiger partial charge is 0.338 e. The highest BCUT2D eigenvalue weighted by molar-refractivity contribution is 6.31. The number of esters is 2. The molecule has 4 fully saturated rings. The SMILES string of the molecule is C[C@@H]1CC[C@@H]2[C@]3(C)COC(C)(C)O[C@H]3CC[C@]2(C)[C@]12CC[C@@](CCOC(=O)c1cccc(Cl)c1)(COC(=O)c1cccc(Cl)c1)O2. The summed E-state index contributed by atoms with van der Waals surface area (Å²) in [5, 5.41) is 0.932. The summed E-state index contributed by atoms with van der Waals surface area (Å²) in [5.41, 5.74) is -0.806. The second kappa shape index (κ2) is 12.4. The van der Waals surface area contributed by atoms with Crippen LogP contribution in [-0.4, -0.2) is 54.9 Å². The van der Waals surface area contributed by atoms with Crippen LogP contribution < -0.4 is 0 Å². The van der Waals surface area contributed by atoms with Crippen molar-refractivity contribution in [3.63, 3.8) is 0 Å². The molecule has 2 aliphatic heterocycles. The van der Waals surface area contributed by atoms with E-state index in [1.807, 2.05) is 13.8 Å². The summed E-state index contributed by atoms with van der Waals surface area (Å²) in [6, 6.07) is 13.4. The maximum atomic E-state index is 13.2. The number of carbonyl (C=O) groups is 2. The van der Waals surface area contributed by atoms with Crippen LogP contribution >= 0.6 is 23.2 Å². The molecule has 6 rings (SSSR count). The van der Waals surface area contributed by atoms with Gasteiger partial charge in [0.2, 0.25) is 0 Å². The van der Waals surface area contributed by atoms with Gasteiger partial charge in [-0.05, 0) is 101 Å². The van der Waals surface area contributed by atoms with Gasteiger partial charge in [0.25, 0.3) is 0 Å². The van der Waals surface area contributed by atoms with Crippen molar-refractivity contribution < 1.29 is 33.3 Å². The first-order valence-electron chi connectivity index (χ1n) is 16.6.